The largest absolute Gasteiger partial charge is 0.365 e. The number of aliphatic hydroxyl groups is 1. The van der Waals surface area contributed by atoms with Gasteiger partial charge in [0.1, 0.15) is 0 Å². The molecule has 3 atom stereocenters. The summed E-state index contributed by atoms with van der Waals surface area (Å²) in [6.45, 7) is 2.04. The number of hydrogen-bond acceptors (Lipinski definition) is 4. The monoisotopic (exact) mass is 442 g/mol. The van der Waals surface area contributed by atoms with Crippen LogP contribution in [0.1, 0.15) is 35.9 Å². The van der Waals surface area contributed by atoms with Crippen molar-refractivity contribution >= 4 is 28.6 Å². The van der Waals surface area contributed by atoms with Gasteiger partial charge in [-0.2, -0.15) is 9.83 Å². The molecule has 1 aliphatic heterocycles. The summed E-state index contributed by atoms with van der Waals surface area (Å²) >= 11 is 8.02. The summed E-state index contributed by atoms with van der Waals surface area (Å²) in [6.07, 6.45) is 5.89. The number of pyridine rings is 1. The Morgan fingerprint density at radius 2 is 1.85 bits per heavy atom. The van der Waals surface area contributed by atoms with Crippen LogP contribution in [-0.2, 0) is 0 Å². The zero-order valence-corrected chi connectivity index (χ0v) is 17.4. The molecule has 0 unspecified atom stereocenters. The van der Waals surface area contributed by atoms with Crippen molar-refractivity contribution in [1.82, 2.24) is 5.32 Å². The summed E-state index contributed by atoms with van der Waals surface area (Å²) < 4.78 is 3.01. The molecular weight excluding hydrogens is 422 g/mol. The number of nitrogens with zero attached hydrogens (tertiary/aromatic N) is 2. The lowest BCUT2D eigenvalue weighted by Gasteiger charge is -2.42. The number of aryl methyl sites for hydroxylation is 1. The molecule has 1 fully saturated rings. The van der Waals surface area contributed by atoms with E-state index in [4.69, 9.17) is 0 Å². The molecule has 6 heteroatoms. The minimum absolute atomic E-state index is 0.136. The molecule has 0 radical (unpaired) electrons. The van der Waals surface area contributed by atoms with Crippen molar-refractivity contribution in [3.63, 3.8) is 0 Å². The number of thiol groups is 1. The first-order valence-electron chi connectivity index (χ1n) is 9.00. The van der Waals surface area contributed by atoms with Crippen LogP contribution < -0.4 is 9.88 Å². The van der Waals surface area contributed by atoms with E-state index in [2.05, 4.69) is 39.9 Å². The minimum atomic E-state index is -1.16. The summed E-state index contributed by atoms with van der Waals surface area (Å²) in [5, 5.41) is 25.3. The van der Waals surface area contributed by atoms with Crippen molar-refractivity contribution in [3.8, 4) is 6.07 Å². The molecule has 2 heterocycles. The third-order valence-corrected chi connectivity index (χ3v) is 6.42. The van der Waals surface area contributed by atoms with E-state index in [-0.39, 0.29) is 17.9 Å². The maximum Gasteiger partial charge on any atom is 0.217 e. The molecule has 2 N–H and O–H groups in total. The molecule has 0 amide bonds. The van der Waals surface area contributed by atoms with E-state index in [1.807, 2.05) is 60.3 Å². The van der Waals surface area contributed by atoms with Gasteiger partial charge in [0.25, 0.3) is 0 Å². The number of benzene rings is 1. The Balaban J connectivity index is 1.93. The number of allylic oxidation sites excluding steroid dienone is 1. The maximum absolute atomic E-state index is 11.7. The fraction of sp³-hybridized carbons (Fsp3) is 0.333. The van der Waals surface area contributed by atoms with Gasteiger partial charge >= 0.3 is 0 Å². The molecule has 1 aliphatic carbocycles. The summed E-state index contributed by atoms with van der Waals surface area (Å²) in [7, 11) is 0. The van der Waals surface area contributed by atoms with Gasteiger partial charge in [0.15, 0.2) is 12.4 Å². The number of halogens is 1. The van der Waals surface area contributed by atoms with Gasteiger partial charge in [0, 0.05) is 22.5 Å². The first-order valence-corrected chi connectivity index (χ1v) is 10.2. The number of nitrogens with one attached hydrogen (secondary N) is 1. The lowest BCUT2D eigenvalue weighted by Crippen LogP contribution is -2.65. The third kappa shape index (κ3) is 3.29. The molecule has 4 nitrogen and oxygen atoms in total. The average molecular weight is 443 g/mol. The number of hydrogen-bond donors (Lipinski definition) is 3. The Kier molecular flexibility index (Phi) is 4.79. The van der Waals surface area contributed by atoms with E-state index in [0.29, 0.717) is 10.6 Å². The van der Waals surface area contributed by atoms with Crippen molar-refractivity contribution in [2.24, 2.45) is 5.92 Å². The van der Waals surface area contributed by atoms with Crippen LogP contribution in [0.2, 0.25) is 0 Å². The highest BCUT2D eigenvalue weighted by Crippen LogP contribution is 2.52. The van der Waals surface area contributed by atoms with Crippen LogP contribution in [0, 0.1) is 24.2 Å². The van der Waals surface area contributed by atoms with E-state index in [1.165, 1.54) is 0 Å². The summed E-state index contributed by atoms with van der Waals surface area (Å²) in [5.41, 5.74) is 1.52. The summed E-state index contributed by atoms with van der Waals surface area (Å²) in [5.74, 6) is -0.160. The predicted octanol–water partition coefficient (Wildman–Crippen LogP) is 3.74. The highest BCUT2D eigenvalue weighted by Gasteiger charge is 2.60. The normalized spacial score (nSPS) is 27.8. The zero-order chi connectivity index (χ0) is 19.2. The highest BCUT2D eigenvalue weighted by molar-refractivity contribution is 9.10. The second-order valence-electron chi connectivity index (χ2n) is 7.40. The van der Waals surface area contributed by atoms with Crippen LogP contribution in [0.5, 0.6) is 0 Å². The molecule has 2 aliphatic rings. The summed E-state index contributed by atoms with van der Waals surface area (Å²) in [6, 6.07) is 14.0. The molecule has 0 saturated heterocycles. The molecule has 1 saturated carbocycles. The van der Waals surface area contributed by atoms with E-state index in [1.54, 1.807) is 0 Å². The Morgan fingerprint density at radius 3 is 2.41 bits per heavy atom. The van der Waals surface area contributed by atoms with Gasteiger partial charge in [-0.25, -0.2) is 0 Å². The first kappa shape index (κ1) is 18.5. The van der Waals surface area contributed by atoms with Crippen LogP contribution in [0.15, 0.2) is 63.9 Å². The molecule has 27 heavy (non-hydrogen) atoms. The van der Waals surface area contributed by atoms with Crippen LogP contribution in [0.4, 0.5) is 0 Å². The Labute approximate surface area is 173 Å². The van der Waals surface area contributed by atoms with Gasteiger partial charge in [0.05, 0.1) is 22.6 Å². The van der Waals surface area contributed by atoms with Crippen LogP contribution in [0.25, 0.3) is 0 Å². The second kappa shape index (κ2) is 6.97. The maximum atomic E-state index is 11.7. The average Bonchev–Trinajstić information content (AvgIpc) is 3.49. The Morgan fingerprint density at radius 1 is 1.22 bits per heavy atom. The fourth-order valence-corrected chi connectivity index (χ4v) is 4.63. The van der Waals surface area contributed by atoms with Crippen molar-refractivity contribution in [2.45, 2.75) is 37.5 Å². The fourth-order valence-electron chi connectivity index (χ4n) is 4.00. The van der Waals surface area contributed by atoms with Gasteiger partial charge in [-0.15, -0.1) is 12.6 Å². The van der Waals surface area contributed by atoms with Gasteiger partial charge in [-0.1, -0.05) is 28.1 Å². The van der Waals surface area contributed by atoms with Crippen LogP contribution >= 0.6 is 28.6 Å². The van der Waals surface area contributed by atoms with Crippen molar-refractivity contribution in [3.05, 3.63) is 75.0 Å². The van der Waals surface area contributed by atoms with Crippen LogP contribution in [0.3, 0.4) is 0 Å². The molecule has 4 rings (SSSR count). The Bertz CT molecular complexity index is 931. The SMILES string of the molecule is Cc1cc[n+]([C@H]2[C@@H](c3ccc(Br)cc3)C(C#N)=C(S)N[C@@]2(O)C2CC2)cc1. The van der Waals surface area contributed by atoms with E-state index < -0.39 is 5.72 Å². The van der Waals surface area contributed by atoms with Crippen molar-refractivity contribution < 1.29 is 9.67 Å². The molecular formula is C21H21BrN3OS+. The van der Waals surface area contributed by atoms with Gasteiger partial charge in [-0.05, 0) is 43.0 Å². The zero-order valence-electron chi connectivity index (χ0n) is 14.9. The third-order valence-electron chi connectivity index (χ3n) is 5.54. The smallest absolute Gasteiger partial charge is 0.217 e. The first-order chi connectivity index (χ1) is 12.9. The molecule has 0 bridgehead atoms. The van der Waals surface area contributed by atoms with Gasteiger partial charge < -0.3 is 10.4 Å². The summed E-state index contributed by atoms with van der Waals surface area (Å²) in [4.78, 5) is 0. The second-order valence-corrected chi connectivity index (χ2v) is 8.76. The standard InChI is InChI=1S/C21H20BrN3OS/c1-13-8-10-25(11-9-13)19-18(14-2-6-16(22)7-3-14)17(12-23)20(27)24-21(19,26)15-4-5-15/h2-3,6-11,15,18-19,24,26H,4-5H2,1H3/p+1/t18-,19-,21+/m0/s1. The number of aromatic nitrogens is 1. The van der Waals surface area contributed by atoms with Crippen LogP contribution in [-0.4, -0.2) is 10.8 Å². The Hall–Kier alpha value is -1.81. The molecule has 138 valence electrons. The predicted molar refractivity (Wildman–Crippen MR) is 110 cm³/mol. The number of rotatable bonds is 3. The lowest BCUT2D eigenvalue weighted by molar-refractivity contribution is -0.742. The van der Waals surface area contributed by atoms with Gasteiger partial charge in [-0.3, -0.25) is 0 Å². The van der Waals surface area contributed by atoms with Crippen molar-refractivity contribution in [1.29, 1.82) is 5.26 Å². The quantitative estimate of drug-likeness (QED) is 0.501. The highest BCUT2D eigenvalue weighted by atomic mass is 79.9. The lowest BCUT2D eigenvalue weighted by atomic mass is 9.76. The molecule has 2 aromatic rings. The molecule has 0 spiro atoms. The topological polar surface area (TPSA) is 59.9 Å². The van der Waals surface area contributed by atoms with E-state index in [9.17, 15) is 10.4 Å². The van der Waals surface area contributed by atoms with Crippen molar-refractivity contribution in [2.75, 3.05) is 0 Å². The minimum Gasteiger partial charge on any atom is -0.365 e. The van der Waals surface area contributed by atoms with E-state index >= 15 is 0 Å². The molecule has 1 aromatic heterocycles. The molecule has 1 aromatic carbocycles. The van der Waals surface area contributed by atoms with E-state index in [0.717, 1.165) is 28.4 Å². The van der Waals surface area contributed by atoms with Gasteiger partial charge in [0.2, 0.25) is 11.8 Å². The number of nitriles is 1.